The van der Waals surface area contributed by atoms with Crippen molar-refractivity contribution in [2.75, 3.05) is 0 Å². The first kappa shape index (κ1) is 13.9. The summed E-state index contributed by atoms with van der Waals surface area (Å²) in [5.41, 5.74) is 2.90. The van der Waals surface area contributed by atoms with Gasteiger partial charge in [-0.25, -0.2) is 0 Å². The fourth-order valence-corrected chi connectivity index (χ4v) is 3.54. The van der Waals surface area contributed by atoms with E-state index in [0.29, 0.717) is 5.92 Å². The molecule has 0 nitrogen and oxygen atoms in total. The summed E-state index contributed by atoms with van der Waals surface area (Å²) in [6, 6.07) is 8.93. The van der Waals surface area contributed by atoms with Gasteiger partial charge in [-0.05, 0) is 34.8 Å². The van der Waals surface area contributed by atoms with Crippen LogP contribution in [-0.4, -0.2) is 0 Å². The molecule has 1 aromatic rings. The summed E-state index contributed by atoms with van der Waals surface area (Å²) in [6.45, 7) is 9.09. The highest BCUT2D eigenvalue weighted by atomic mass is 35.5. The Hall–Kier alpha value is -0.490. The standard InChI is InChI=1S/C17H25Cl/c1-12-6-5-7-15(12)16(18)13-8-10-14(11-9-13)17(2,3)4/h8-12,15-16H,5-7H2,1-4H3. The molecule has 0 saturated heterocycles. The van der Waals surface area contributed by atoms with Gasteiger partial charge in [-0.15, -0.1) is 11.6 Å². The molecule has 1 heteroatoms. The van der Waals surface area contributed by atoms with Crippen molar-refractivity contribution < 1.29 is 0 Å². The van der Waals surface area contributed by atoms with Crippen molar-refractivity contribution in [2.24, 2.45) is 11.8 Å². The molecule has 1 aliphatic rings. The number of rotatable bonds is 2. The lowest BCUT2D eigenvalue weighted by Gasteiger charge is -2.23. The topological polar surface area (TPSA) is 0 Å². The summed E-state index contributed by atoms with van der Waals surface area (Å²) in [6.07, 6.45) is 3.97. The molecule has 1 fully saturated rings. The highest BCUT2D eigenvalue weighted by molar-refractivity contribution is 6.21. The molecule has 1 saturated carbocycles. The van der Waals surface area contributed by atoms with Crippen LogP contribution in [0.2, 0.25) is 0 Å². The van der Waals surface area contributed by atoms with Crippen LogP contribution < -0.4 is 0 Å². The predicted octanol–water partition coefficient (Wildman–Crippen LogP) is 5.70. The summed E-state index contributed by atoms with van der Waals surface area (Å²) in [5.74, 6) is 1.43. The van der Waals surface area contributed by atoms with Crippen LogP contribution in [0.4, 0.5) is 0 Å². The lowest BCUT2D eigenvalue weighted by atomic mass is 9.85. The van der Waals surface area contributed by atoms with E-state index in [9.17, 15) is 0 Å². The Morgan fingerprint density at radius 1 is 1.11 bits per heavy atom. The van der Waals surface area contributed by atoms with Gasteiger partial charge in [0.25, 0.3) is 0 Å². The van der Waals surface area contributed by atoms with Crippen LogP contribution in [0.15, 0.2) is 24.3 Å². The van der Waals surface area contributed by atoms with Gasteiger partial charge in [0.2, 0.25) is 0 Å². The third-order valence-electron chi connectivity index (χ3n) is 4.40. The maximum absolute atomic E-state index is 6.67. The van der Waals surface area contributed by atoms with Crippen LogP contribution in [0, 0.1) is 11.8 Å². The second-order valence-electron chi connectivity index (χ2n) is 6.85. The molecule has 0 amide bonds. The van der Waals surface area contributed by atoms with Crippen molar-refractivity contribution in [2.45, 2.75) is 57.7 Å². The number of halogens is 1. The van der Waals surface area contributed by atoms with E-state index in [2.05, 4.69) is 52.0 Å². The second-order valence-corrected chi connectivity index (χ2v) is 7.32. The Bertz CT molecular complexity index is 385. The molecule has 0 spiro atoms. The average molecular weight is 265 g/mol. The lowest BCUT2D eigenvalue weighted by Crippen LogP contribution is -2.13. The molecule has 3 unspecified atom stereocenters. The zero-order valence-electron chi connectivity index (χ0n) is 12.0. The van der Waals surface area contributed by atoms with Crippen LogP contribution in [0.1, 0.15) is 63.5 Å². The van der Waals surface area contributed by atoms with Crippen LogP contribution in [0.3, 0.4) is 0 Å². The van der Waals surface area contributed by atoms with E-state index in [1.165, 1.54) is 30.4 Å². The Morgan fingerprint density at radius 3 is 2.17 bits per heavy atom. The fraction of sp³-hybridized carbons (Fsp3) is 0.647. The molecule has 3 atom stereocenters. The molecule has 1 aliphatic carbocycles. The van der Waals surface area contributed by atoms with Crippen LogP contribution >= 0.6 is 11.6 Å². The Morgan fingerprint density at radius 2 is 1.72 bits per heavy atom. The normalized spacial score (nSPS) is 26.3. The summed E-state index contributed by atoms with van der Waals surface area (Å²) in [7, 11) is 0. The SMILES string of the molecule is CC1CCCC1C(Cl)c1ccc(C(C)(C)C)cc1. The van der Waals surface area contributed by atoms with Gasteiger partial charge in [0.1, 0.15) is 0 Å². The van der Waals surface area contributed by atoms with E-state index in [1.54, 1.807) is 0 Å². The summed E-state index contributed by atoms with van der Waals surface area (Å²) >= 11 is 6.67. The van der Waals surface area contributed by atoms with E-state index in [-0.39, 0.29) is 10.8 Å². The van der Waals surface area contributed by atoms with Gasteiger partial charge in [0.15, 0.2) is 0 Å². The third kappa shape index (κ3) is 2.91. The van der Waals surface area contributed by atoms with Gasteiger partial charge >= 0.3 is 0 Å². The number of hydrogen-bond acceptors (Lipinski definition) is 0. The molecule has 1 aromatic carbocycles. The fourth-order valence-electron chi connectivity index (χ4n) is 3.02. The van der Waals surface area contributed by atoms with Crippen molar-refractivity contribution in [3.63, 3.8) is 0 Å². The molecule has 0 aliphatic heterocycles. The molecule has 18 heavy (non-hydrogen) atoms. The highest BCUT2D eigenvalue weighted by Gasteiger charge is 2.30. The number of alkyl halides is 1. The van der Waals surface area contributed by atoms with Gasteiger partial charge < -0.3 is 0 Å². The Kier molecular flexibility index (Phi) is 4.06. The second kappa shape index (κ2) is 5.25. The first-order valence-corrected chi connectivity index (χ1v) is 7.58. The largest absolute Gasteiger partial charge is 0.118 e. The molecular weight excluding hydrogens is 240 g/mol. The first-order chi connectivity index (χ1) is 8.39. The minimum Gasteiger partial charge on any atom is -0.118 e. The molecule has 0 heterocycles. The van der Waals surface area contributed by atoms with E-state index in [0.717, 1.165) is 5.92 Å². The smallest absolute Gasteiger partial charge is 0.0615 e. The van der Waals surface area contributed by atoms with Crippen LogP contribution in [0.5, 0.6) is 0 Å². The third-order valence-corrected chi connectivity index (χ3v) is 4.97. The molecule has 0 radical (unpaired) electrons. The molecule has 0 aromatic heterocycles. The summed E-state index contributed by atoms with van der Waals surface area (Å²) in [4.78, 5) is 0. The highest BCUT2D eigenvalue weighted by Crippen LogP contribution is 2.43. The van der Waals surface area contributed by atoms with E-state index in [1.807, 2.05) is 0 Å². The minimum absolute atomic E-state index is 0.191. The van der Waals surface area contributed by atoms with E-state index < -0.39 is 0 Å². The maximum Gasteiger partial charge on any atom is 0.0615 e. The Labute approximate surface area is 117 Å². The number of hydrogen-bond donors (Lipinski definition) is 0. The van der Waals surface area contributed by atoms with Gasteiger partial charge in [-0.1, -0.05) is 64.8 Å². The predicted molar refractivity (Wildman–Crippen MR) is 80.2 cm³/mol. The monoisotopic (exact) mass is 264 g/mol. The van der Waals surface area contributed by atoms with Crippen molar-refractivity contribution >= 4 is 11.6 Å². The van der Waals surface area contributed by atoms with Gasteiger partial charge in [0, 0.05) is 0 Å². The molecule has 0 N–H and O–H groups in total. The molecule has 100 valence electrons. The molecular formula is C17H25Cl. The van der Waals surface area contributed by atoms with Crippen LogP contribution in [-0.2, 0) is 5.41 Å². The van der Waals surface area contributed by atoms with Gasteiger partial charge in [-0.3, -0.25) is 0 Å². The zero-order valence-corrected chi connectivity index (χ0v) is 12.8. The number of benzene rings is 1. The van der Waals surface area contributed by atoms with Crippen LogP contribution in [0.25, 0.3) is 0 Å². The summed E-state index contributed by atoms with van der Waals surface area (Å²) in [5, 5.41) is 0.191. The zero-order chi connectivity index (χ0) is 13.3. The lowest BCUT2D eigenvalue weighted by molar-refractivity contribution is 0.405. The van der Waals surface area contributed by atoms with Crippen molar-refractivity contribution in [1.29, 1.82) is 0 Å². The van der Waals surface area contributed by atoms with Crippen molar-refractivity contribution in [1.82, 2.24) is 0 Å². The van der Waals surface area contributed by atoms with E-state index >= 15 is 0 Å². The quantitative estimate of drug-likeness (QED) is 0.601. The Balaban J connectivity index is 2.14. The van der Waals surface area contributed by atoms with Gasteiger partial charge in [0.05, 0.1) is 5.38 Å². The van der Waals surface area contributed by atoms with Gasteiger partial charge in [-0.2, -0.15) is 0 Å². The minimum atomic E-state index is 0.191. The molecule has 2 rings (SSSR count). The first-order valence-electron chi connectivity index (χ1n) is 7.14. The van der Waals surface area contributed by atoms with E-state index in [4.69, 9.17) is 11.6 Å². The maximum atomic E-state index is 6.67. The molecule has 0 bridgehead atoms. The average Bonchev–Trinajstić information content (AvgIpc) is 2.73. The van der Waals surface area contributed by atoms with Crippen molar-refractivity contribution in [3.8, 4) is 0 Å². The summed E-state index contributed by atoms with van der Waals surface area (Å²) < 4.78 is 0. The van der Waals surface area contributed by atoms with Crippen molar-refractivity contribution in [3.05, 3.63) is 35.4 Å².